The van der Waals surface area contributed by atoms with Gasteiger partial charge in [0, 0.05) is 12.8 Å². The van der Waals surface area contributed by atoms with Gasteiger partial charge in [-0.3, -0.25) is 9.59 Å². The molecule has 0 fully saturated rings. The lowest BCUT2D eigenvalue weighted by molar-refractivity contribution is -0.150. The van der Waals surface area contributed by atoms with Crippen molar-refractivity contribution in [2.24, 2.45) is 17.8 Å². The number of ether oxygens (including phenoxy) is 2. The molecule has 0 aromatic carbocycles. The third-order valence-corrected chi connectivity index (χ3v) is 11.6. The Labute approximate surface area is 326 Å². The van der Waals surface area contributed by atoms with E-state index in [9.17, 15) is 9.59 Å². The maximum absolute atomic E-state index is 12.7. The van der Waals surface area contributed by atoms with Crippen LogP contribution in [-0.4, -0.2) is 24.6 Å². The predicted molar refractivity (Wildman–Crippen MR) is 227 cm³/mol. The maximum atomic E-state index is 12.7. The van der Waals surface area contributed by atoms with E-state index in [2.05, 4.69) is 41.5 Å². The van der Waals surface area contributed by atoms with Crippen LogP contribution in [0.15, 0.2) is 0 Å². The highest BCUT2D eigenvalue weighted by Crippen LogP contribution is 2.26. The second-order valence-electron chi connectivity index (χ2n) is 17.0. The number of unbranched alkanes of at least 4 members (excludes halogenated alkanes) is 20. The van der Waals surface area contributed by atoms with E-state index >= 15 is 0 Å². The van der Waals surface area contributed by atoms with E-state index in [0.717, 1.165) is 62.7 Å². The highest BCUT2D eigenvalue weighted by Gasteiger charge is 2.16. The lowest BCUT2D eigenvalue weighted by Gasteiger charge is -2.21. The SMILES string of the molecule is CCCCCCCC(CCCCCCC)OC(=O)CCCCCCCC(CCCCCCCC(=O)OCCC(CCCCC)CCCCC)C(C)C. The van der Waals surface area contributed by atoms with Crippen molar-refractivity contribution in [2.45, 2.75) is 272 Å². The largest absolute Gasteiger partial charge is 0.466 e. The second kappa shape index (κ2) is 39.6. The summed E-state index contributed by atoms with van der Waals surface area (Å²) in [5.74, 6) is 2.35. The van der Waals surface area contributed by atoms with Gasteiger partial charge in [0.05, 0.1) is 6.61 Å². The minimum Gasteiger partial charge on any atom is -0.466 e. The number of esters is 2. The van der Waals surface area contributed by atoms with Crippen molar-refractivity contribution < 1.29 is 19.1 Å². The van der Waals surface area contributed by atoms with Crippen LogP contribution in [0.5, 0.6) is 0 Å². The van der Waals surface area contributed by atoms with Crippen molar-refractivity contribution in [2.75, 3.05) is 6.61 Å². The highest BCUT2D eigenvalue weighted by atomic mass is 16.5. The standard InChI is InChI=1S/C48H94O4/c1-7-11-15-19-29-37-46(38-30-20-16-12-8-2)52-48(50)40-32-24-18-22-28-36-45(43(5)6)35-27-21-17-23-31-39-47(49)51-42-41-44(33-25-13-9-3)34-26-14-10-4/h43-46H,7-42H2,1-6H3. The van der Waals surface area contributed by atoms with E-state index in [1.807, 2.05) is 0 Å². The molecular weight excluding hydrogens is 641 g/mol. The third kappa shape index (κ3) is 34.7. The van der Waals surface area contributed by atoms with Crippen LogP contribution in [-0.2, 0) is 19.1 Å². The average molecular weight is 735 g/mol. The first-order chi connectivity index (χ1) is 25.4. The molecule has 0 bridgehead atoms. The first kappa shape index (κ1) is 50.9. The van der Waals surface area contributed by atoms with Gasteiger partial charge in [-0.2, -0.15) is 0 Å². The monoisotopic (exact) mass is 735 g/mol. The third-order valence-electron chi connectivity index (χ3n) is 11.6. The summed E-state index contributed by atoms with van der Waals surface area (Å²) in [6, 6.07) is 0. The minimum atomic E-state index is 0.0151. The first-order valence-electron chi connectivity index (χ1n) is 23.7. The Hall–Kier alpha value is -1.06. The van der Waals surface area contributed by atoms with Crippen molar-refractivity contribution in [3.63, 3.8) is 0 Å². The molecule has 4 nitrogen and oxygen atoms in total. The van der Waals surface area contributed by atoms with E-state index in [1.165, 1.54) is 167 Å². The molecule has 0 aliphatic carbocycles. The zero-order valence-electron chi connectivity index (χ0n) is 36.4. The Morgan fingerprint density at radius 2 is 0.769 bits per heavy atom. The number of carbonyl (C=O) groups is 2. The molecule has 1 atom stereocenters. The molecule has 0 rings (SSSR count). The van der Waals surface area contributed by atoms with Crippen molar-refractivity contribution in [3.8, 4) is 0 Å². The van der Waals surface area contributed by atoms with E-state index in [0.29, 0.717) is 19.4 Å². The van der Waals surface area contributed by atoms with Crippen molar-refractivity contribution >= 4 is 11.9 Å². The topological polar surface area (TPSA) is 52.6 Å². The number of hydrogen-bond donors (Lipinski definition) is 0. The maximum Gasteiger partial charge on any atom is 0.306 e. The smallest absolute Gasteiger partial charge is 0.306 e. The quantitative estimate of drug-likeness (QED) is 0.0463. The van der Waals surface area contributed by atoms with E-state index < -0.39 is 0 Å². The fourth-order valence-corrected chi connectivity index (χ4v) is 7.89. The Morgan fingerprint density at radius 1 is 0.404 bits per heavy atom. The van der Waals surface area contributed by atoms with Gasteiger partial charge in [-0.1, -0.05) is 208 Å². The van der Waals surface area contributed by atoms with Gasteiger partial charge in [0.1, 0.15) is 6.10 Å². The number of carbonyl (C=O) groups excluding carboxylic acids is 2. The fraction of sp³-hybridized carbons (Fsp3) is 0.958. The van der Waals surface area contributed by atoms with Crippen LogP contribution < -0.4 is 0 Å². The Balaban J connectivity index is 4.03. The molecule has 1 unspecified atom stereocenters. The first-order valence-corrected chi connectivity index (χ1v) is 23.7. The summed E-state index contributed by atoms with van der Waals surface area (Å²) in [4.78, 5) is 25.0. The van der Waals surface area contributed by atoms with Crippen LogP contribution in [0.25, 0.3) is 0 Å². The molecule has 0 saturated carbocycles. The zero-order valence-corrected chi connectivity index (χ0v) is 36.4. The molecule has 0 saturated heterocycles. The van der Waals surface area contributed by atoms with E-state index in [-0.39, 0.29) is 18.0 Å². The fourth-order valence-electron chi connectivity index (χ4n) is 7.89. The summed E-state index contributed by atoms with van der Waals surface area (Å²) in [5, 5.41) is 0. The molecule has 0 aromatic heterocycles. The van der Waals surface area contributed by atoms with Crippen LogP contribution >= 0.6 is 0 Å². The van der Waals surface area contributed by atoms with Crippen LogP contribution in [0.3, 0.4) is 0 Å². The molecule has 0 spiro atoms. The molecule has 0 N–H and O–H groups in total. The average Bonchev–Trinajstić information content (AvgIpc) is 3.12. The minimum absolute atomic E-state index is 0.0151. The van der Waals surface area contributed by atoms with Crippen LogP contribution in [0, 0.1) is 17.8 Å². The van der Waals surface area contributed by atoms with Gasteiger partial charge in [-0.25, -0.2) is 0 Å². The van der Waals surface area contributed by atoms with Crippen LogP contribution in [0.1, 0.15) is 266 Å². The summed E-state index contributed by atoms with van der Waals surface area (Å²) >= 11 is 0. The number of rotatable bonds is 41. The normalized spacial score (nSPS) is 12.3. The number of hydrogen-bond acceptors (Lipinski definition) is 4. The molecule has 0 aliphatic heterocycles. The lowest BCUT2D eigenvalue weighted by atomic mass is 9.85. The van der Waals surface area contributed by atoms with Gasteiger partial charge in [-0.15, -0.1) is 0 Å². The molecule has 0 radical (unpaired) electrons. The molecule has 0 aliphatic rings. The van der Waals surface area contributed by atoms with Gasteiger partial charge < -0.3 is 9.47 Å². The molecule has 0 heterocycles. The van der Waals surface area contributed by atoms with Gasteiger partial charge in [0.25, 0.3) is 0 Å². The van der Waals surface area contributed by atoms with Gasteiger partial charge in [0.2, 0.25) is 0 Å². The van der Waals surface area contributed by atoms with Crippen molar-refractivity contribution in [3.05, 3.63) is 0 Å². The van der Waals surface area contributed by atoms with E-state index in [4.69, 9.17) is 9.47 Å². The summed E-state index contributed by atoms with van der Waals surface area (Å²) in [7, 11) is 0. The predicted octanol–water partition coefficient (Wildman–Crippen LogP) is 16.1. The van der Waals surface area contributed by atoms with Crippen LogP contribution in [0.2, 0.25) is 0 Å². The van der Waals surface area contributed by atoms with Crippen LogP contribution in [0.4, 0.5) is 0 Å². The molecule has 0 aromatic rings. The van der Waals surface area contributed by atoms with Gasteiger partial charge in [-0.05, 0) is 62.7 Å². The Bertz CT molecular complexity index is 725. The lowest BCUT2D eigenvalue weighted by Crippen LogP contribution is -2.18. The molecular formula is C48H94O4. The Morgan fingerprint density at radius 3 is 1.23 bits per heavy atom. The van der Waals surface area contributed by atoms with Crippen molar-refractivity contribution in [1.29, 1.82) is 0 Å². The highest BCUT2D eigenvalue weighted by molar-refractivity contribution is 5.69. The van der Waals surface area contributed by atoms with E-state index in [1.54, 1.807) is 0 Å². The summed E-state index contributed by atoms with van der Waals surface area (Å²) in [6.45, 7) is 14.5. The molecule has 0 amide bonds. The summed E-state index contributed by atoms with van der Waals surface area (Å²) in [5.41, 5.74) is 0. The van der Waals surface area contributed by atoms with Gasteiger partial charge in [0.15, 0.2) is 0 Å². The summed E-state index contributed by atoms with van der Waals surface area (Å²) in [6.07, 6.45) is 42.2. The van der Waals surface area contributed by atoms with Crippen molar-refractivity contribution in [1.82, 2.24) is 0 Å². The second-order valence-corrected chi connectivity index (χ2v) is 17.0. The molecule has 52 heavy (non-hydrogen) atoms. The van der Waals surface area contributed by atoms with Gasteiger partial charge >= 0.3 is 11.9 Å². The Kier molecular flexibility index (Phi) is 38.8. The molecule has 310 valence electrons. The molecule has 4 heteroatoms. The summed E-state index contributed by atoms with van der Waals surface area (Å²) < 4.78 is 11.7. The zero-order chi connectivity index (χ0) is 38.3.